The Morgan fingerprint density at radius 1 is 0.548 bits per heavy atom. The Morgan fingerprint density at radius 3 is 1.35 bits per heavy atom. The summed E-state index contributed by atoms with van der Waals surface area (Å²) in [7, 11) is 0. The van der Waals surface area contributed by atoms with E-state index in [4.69, 9.17) is 0 Å². The first-order valence-electron chi connectivity index (χ1n) is 15.0. The van der Waals surface area contributed by atoms with Gasteiger partial charge in [-0.2, -0.15) is 0 Å². The molecule has 0 aliphatic heterocycles. The van der Waals surface area contributed by atoms with Gasteiger partial charge in [0.15, 0.2) is 0 Å². The lowest BCUT2D eigenvalue weighted by Crippen LogP contribution is -2.49. The van der Waals surface area contributed by atoms with Gasteiger partial charge in [-0.3, -0.25) is 0 Å². The van der Waals surface area contributed by atoms with Crippen LogP contribution in [-0.4, -0.2) is 9.49 Å². The van der Waals surface area contributed by atoms with Crippen molar-refractivity contribution in [3.8, 4) is 0 Å². The molecule has 0 N–H and O–H groups in total. The average molecular weight is 447 g/mol. The number of hydrogen-bond acceptors (Lipinski definition) is 1. The van der Waals surface area contributed by atoms with E-state index in [2.05, 4.69) is 25.6 Å². The van der Waals surface area contributed by atoms with Gasteiger partial charge in [0, 0.05) is 9.49 Å². The first kappa shape index (κ1) is 24.5. The number of thioether (sulfide) groups is 1. The van der Waals surface area contributed by atoms with Gasteiger partial charge in [0.05, 0.1) is 0 Å². The van der Waals surface area contributed by atoms with Crippen molar-refractivity contribution < 1.29 is 0 Å². The van der Waals surface area contributed by atoms with Crippen molar-refractivity contribution >= 4 is 11.8 Å². The third-order valence-electron chi connectivity index (χ3n) is 10.4. The van der Waals surface area contributed by atoms with Crippen molar-refractivity contribution in [1.29, 1.82) is 0 Å². The number of unbranched alkanes of at least 4 members (excludes halogenated alkanes) is 2. The zero-order valence-corrected chi connectivity index (χ0v) is 22.1. The molecular weight excluding hydrogens is 392 g/mol. The Bertz CT molecular complexity index is 471. The van der Waals surface area contributed by atoms with Crippen molar-refractivity contribution in [3.05, 3.63) is 0 Å². The van der Waals surface area contributed by atoms with Crippen LogP contribution in [0.1, 0.15) is 155 Å². The maximum Gasteiger partial charge on any atom is 0.0222 e. The van der Waals surface area contributed by atoms with E-state index in [1.165, 1.54) is 77.0 Å². The lowest BCUT2D eigenvalue weighted by molar-refractivity contribution is 0.199. The second kappa shape index (κ2) is 11.7. The SMILES string of the molecule is CCCCC1CCCC1(SC1(C2CCCCC2)CCCC1CCCC)C1CCCCC1. The van der Waals surface area contributed by atoms with Gasteiger partial charge in [-0.15, -0.1) is 11.8 Å². The summed E-state index contributed by atoms with van der Waals surface area (Å²) in [6.07, 6.45) is 33.6. The Kier molecular flexibility index (Phi) is 9.21. The molecule has 4 atom stereocenters. The van der Waals surface area contributed by atoms with E-state index in [-0.39, 0.29) is 0 Å². The summed E-state index contributed by atoms with van der Waals surface area (Å²) in [5.74, 6) is 4.16. The van der Waals surface area contributed by atoms with E-state index in [1.807, 2.05) is 0 Å². The fourth-order valence-corrected chi connectivity index (χ4v) is 11.7. The summed E-state index contributed by atoms with van der Waals surface area (Å²) < 4.78 is 1.31. The fourth-order valence-electron chi connectivity index (χ4n) is 8.87. The second-order valence-corrected chi connectivity index (χ2v) is 13.9. The Balaban J connectivity index is 1.66. The van der Waals surface area contributed by atoms with E-state index in [9.17, 15) is 0 Å². The van der Waals surface area contributed by atoms with Crippen LogP contribution in [0.2, 0.25) is 0 Å². The van der Waals surface area contributed by atoms with Crippen LogP contribution in [-0.2, 0) is 0 Å². The molecule has 0 saturated heterocycles. The molecule has 0 bridgehead atoms. The van der Waals surface area contributed by atoms with E-state index in [0.29, 0.717) is 9.49 Å². The molecule has 0 radical (unpaired) electrons. The smallest absolute Gasteiger partial charge is 0.0222 e. The molecule has 4 saturated carbocycles. The topological polar surface area (TPSA) is 0 Å². The Morgan fingerprint density at radius 2 is 0.968 bits per heavy atom. The molecule has 0 spiro atoms. The highest BCUT2D eigenvalue weighted by molar-refractivity contribution is 8.02. The van der Waals surface area contributed by atoms with Crippen LogP contribution in [0.25, 0.3) is 0 Å². The summed E-state index contributed by atoms with van der Waals surface area (Å²) in [5, 5.41) is 0. The van der Waals surface area contributed by atoms with E-state index in [0.717, 1.165) is 23.7 Å². The van der Waals surface area contributed by atoms with Crippen molar-refractivity contribution in [2.45, 2.75) is 165 Å². The molecule has 4 aliphatic rings. The molecule has 0 heterocycles. The predicted molar refractivity (Wildman–Crippen MR) is 140 cm³/mol. The molecule has 1 heteroatoms. The Labute approximate surface area is 199 Å². The summed E-state index contributed by atoms with van der Waals surface area (Å²) >= 11 is 2.74. The Hall–Kier alpha value is 0.350. The highest BCUT2D eigenvalue weighted by Gasteiger charge is 2.57. The van der Waals surface area contributed by atoms with Crippen molar-refractivity contribution in [1.82, 2.24) is 0 Å². The molecule has 0 aromatic rings. The third kappa shape index (κ3) is 5.22. The molecular formula is C30H54S. The van der Waals surface area contributed by atoms with Gasteiger partial charge in [0.1, 0.15) is 0 Å². The van der Waals surface area contributed by atoms with Crippen LogP contribution in [0.5, 0.6) is 0 Å². The summed E-state index contributed by atoms with van der Waals surface area (Å²) in [6.45, 7) is 4.84. The lowest BCUT2D eigenvalue weighted by atomic mass is 9.72. The summed E-state index contributed by atoms with van der Waals surface area (Å²) in [4.78, 5) is 0. The number of rotatable bonds is 10. The standard InChI is InChI=1S/C30H54S/c1-3-5-15-25-21-13-23-29(25,27-17-9-7-10-18-27)31-30(28-19-11-8-12-20-28)24-14-22-26(30)16-6-4-2/h25-28H,3-24H2,1-2H3. The van der Waals surface area contributed by atoms with E-state index < -0.39 is 0 Å². The molecule has 31 heavy (non-hydrogen) atoms. The first-order valence-corrected chi connectivity index (χ1v) is 15.8. The minimum Gasteiger partial charge on any atom is -0.147 e. The quantitative estimate of drug-likeness (QED) is 0.321. The minimum absolute atomic E-state index is 0.655. The molecule has 4 unspecified atom stereocenters. The van der Waals surface area contributed by atoms with E-state index >= 15 is 0 Å². The van der Waals surface area contributed by atoms with Gasteiger partial charge < -0.3 is 0 Å². The maximum absolute atomic E-state index is 2.74. The van der Waals surface area contributed by atoms with Crippen molar-refractivity contribution in [2.24, 2.45) is 23.7 Å². The molecule has 0 nitrogen and oxygen atoms in total. The van der Waals surface area contributed by atoms with Crippen LogP contribution in [0, 0.1) is 23.7 Å². The largest absolute Gasteiger partial charge is 0.147 e. The van der Waals surface area contributed by atoms with Gasteiger partial charge in [0.25, 0.3) is 0 Å². The summed E-state index contributed by atoms with van der Waals surface area (Å²) in [6, 6.07) is 0. The van der Waals surface area contributed by atoms with Crippen molar-refractivity contribution in [3.63, 3.8) is 0 Å². The van der Waals surface area contributed by atoms with E-state index in [1.54, 1.807) is 64.2 Å². The predicted octanol–water partition coefficient (Wildman–Crippen LogP) is 10.3. The maximum atomic E-state index is 2.74. The van der Waals surface area contributed by atoms with Gasteiger partial charge >= 0.3 is 0 Å². The monoisotopic (exact) mass is 446 g/mol. The van der Waals surface area contributed by atoms with Gasteiger partial charge in [-0.25, -0.2) is 0 Å². The van der Waals surface area contributed by atoms with Crippen LogP contribution >= 0.6 is 11.8 Å². The molecule has 4 aliphatic carbocycles. The fraction of sp³-hybridized carbons (Fsp3) is 1.00. The highest BCUT2D eigenvalue weighted by atomic mass is 32.2. The third-order valence-corrected chi connectivity index (χ3v) is 12.9. The molecule has 4 rings (SSSR count). The second-order valence-electron chi connectivity index (χ2n) is 12.1. The van der Waals surface area contributed by atoms with Crippen LogP contribution < -0.4 is 0 Å². The molecule has 0 aromatic heterocycles. The minimum atomic E-state index is 0.655. The highest BCUT2D eigenvalue weighted by Crippen LogP contribution is 2.66. The molecule has 4 fully saturated rings. The van der Waals surface area contributed by atoms with Crippen LogP contribution in [0.15, 0.2) is 0 Å². The molecule has 180 valence electrons. The zero-order chi connectivity index (χ0) is 21.6. The van der Waals surface area contributed by atoms with Crippen LogP contribution in [0.3, 0.4) is 0 Å². The molecule has 0 aromatic carbocycles. The van der Waals surface area contributed by atoms with Crippen LogP contribution in [0.4, 0.5) is 0 Å². The first-order chi connectivity index (χ1) is 15.2. The average Bonchev–Trinajstić information content (AvgIpc) is 3.42. The molecule has 0 amide bonds. The normalized spacial score (nSPS) is 38.1. The van der Waals surface area contributed by atoms with Crippen molar-refractivity contribution in [2.75, 3.05) is 0 Å². The zero-order valence-electron chi connectivity index (χ0n) is 21.3. The lowest BCUT2D eigenvalue weighted by Gasteiger charge is -2.54. The van der Waals surface area contributed by atoms with Gasteiger partial charge in [-0.1, -0.05) is 90.9 Å². The van der Waals surface area contributed by atoms with Gasteiger partial charge in [-0.05, 0) is 87.9 Å². The summed E-state index contributed by atoms with van der Waals surface area (Å²) in [5.41, 5.74) is 0. The number of hydrogen-bond donors (Lipinski definition) is 0. The van der Waals surface area contributed by atoms with Gasteiger partial charge in [0.2, 0.25) is 0 Å².